The van der Waals surface area contributed by atoms with Crippen LogP contribution >= 0.6 is 0 Å². The van der Waals surface area contributed by atoms with Gasteiger partial charge < -0.3 is 10.1 Å². The van der Waals surface area contributed by atoms with Crippen LogP contribution < -0.4 is 21.3 Å². The van der Waals surface area contributed by atoms with Gasteiger partial charge in [0.25, 0.3) is 11.6 Å². The van der Waals surface area contributed by atoms with Crippen molar-refractivity contribution in [2.45, 2.75) is 52.2 Å². The molecule has 34 heavy (non-hydrogen) atoms. The zero-order valence-corrected chi connectivity index (χ0v) is 19.9. The SMILES string of the molecule is CC(C)=CCn1c(OCC2CCCCN2)nc2c1c(=O)n(CC(=O)c1ccccc1)c(=O)n2C. The molecule has 180 valence electrons. The van der Waals surface area contributed by atoms with Crippen LogP contribution in [0.3, 0.4) is 0 Å². The second-order valence-corrected chi connectivity index (χ2v) is 8.94. The Bertz CT molecular complexity index is 1320. The molecule has 1 atom stereocenters. The average Bonchev–Trinajstić information content (AvgIpc) is 3.22. The minimum absolute atomic E-state index is 0.217. The molecular formula is C25H31N5O4. The fraction of sp³-hybridized carbons (Fsp3) is 0.440. The first kappa shape index (κ1) is 23.7. The lowest BCUT2D eigenvalue weighted by Crippen LogP contribution is -2.41. The second-order valence-electron chi connectivity index (χ2n) is 8.94. The minimum Gasteiger partial charge on any atom is -0.463 e. The van der Waals surface area contributed by atoms with Gasteiger partial charge in [0.2, 0.25) is 0 Å². The van der Waals surface area contributed by atoms with Gasteiger partial charge in [0.1, 0.15) is 6.61 Å². The van der Waals surface area contributed by atoms with Crippen molar-refractivity contribution in [2.24, 2.45) is 7.05 Å². The van der Waals surface area contributed by atoms with Crippen molar-refractivity contribution in [3.63, 3.8) is 0 Å². The van der Waals surface area contributed by atoms with E-state index in [-0.39, 0.29) is 29.5 Å². The van der Waals surface area contributed by atoms with E-state index in [1.165, 1.54) is 4.57 Å². The highest BCUT2D eigenvalue weighted by Crippen LogP contribution is 2.19. The Hall–Kier alpha value is -3.46. The number of benzene rings is 1. The number of rotatable bonds is 8. The molecule has 0 amide bonds. The fourth-order valence-electron chi connectivity index (χ4n) is 4.14. The number of ether oxygens (including phenoxy) is 1. The Morgan fingerprint density at radius 1 is 1.18 bits per heavy atom. The number of fused-ring (bicyclic) bond motifs is 1. The standard InChI is InChI=1S/C25H31N5O4/c1-17(2)12-14-29-21-22(27-24(29)34-16-19-11-7-8-13-26-19)28(3)25(33)30(23(21)32)15-20(31)18-9-5-4-6-10-18/h4-6,9-10,12,19,26H,7-8,11,13-16H2,1-3H3. The summed E-state index contributed by atoms with van der Waals surface area (Å²) in [6.07, 6.45) is 5.28. The zero-order chi connectivity index (χ0) is 24.2. The molecule has 0 aliphatic carbocycles. The number of piperidine rings is 1. The molecule has 1 fully saturated rings. The van der Waals surface area contributed by atoms with Crippen LogP contribution in [0.2, 0.25) is 0 Å². The summed E-state index contributed by atoms with van der Waals surface area (Å²) in [7, 11) is 1.55. The number of allylic oxidation sites excluding steroid dienone is 2. The molecule has 3 aromatic rings. The predicted octanol–water partition coefficient (Wildman–Crippen LogP) is 2.27. The van der Waals surface area contributed by atoms with Crippen molar-refractivity contribution in [3.8, 4) is 6.01 Å². The summed E-state index contributed by atoms with van der Waals surface area (Å²) in [5.74, 6) is -0.311. The normalized spacial score (nSPS) is 15.9. The van der Waals surface area contributed by atoms with Gasteiger partial charge in [0.15, 0.2) is 16.9 Å². The number of Topliss-reactive ketones (excluding diaryl/α,β-unsaturated/α-hetero) is 1. The number of aromatic nitrogens is 4. The summed E-state index contributed by atoms with van der Waals surface area (Å²) in [6, 6.07) is 9.14. The van der Waals surface area contributed by atoms with E-state index in [9.17, 15) is 14.4 Å². The number of hydrogen-bond donors (Lipinski definition) is 1. The van der Waals surface area contributed by atoms with Crippen LogP contribution in [0.15, 0.2) is 51.6 Å². The first-order valence-electron chi connectivity index (χ1n) is 11.6. The molecule has 3 heterocycles. The molecule has 1 aliphatic heterocycles. The molecule has 1 N–H and O–H groups in total. The predicted molar refractivity (Wildman–Crippen MR) is 131 cm³/mol. The molecule has 0 spiro atoms. The maximum Gasteiger partial charge on any atom is 0.332 e. The largest absolute Gasteiger partial charge is 0.463 e. The monoisotopic (exact) mass is 465 g/mol. The van der Waals surface area contributed by atoms with Crippen molar-refractivity contribution in [3.05, 3.63) is 68.4 Å². The number of hydrogen-bond acceptors (Lipinski definition) is 6. The molecule has 2 aromatic heterocycles. The number of nitrogens with zero attached hydrogens (tertiary/aromatic N) is 4. The third kappa shape index (κ3) is 4.89. The van der Waals surface area contributed by atoms with Gasteiger partial charge in [-0.05, 0) is 33.2 Å². The van der Waals surface area contributed by atoms with Crippen LogP contribution in [-0.4, -0.2) is 43.7 Å². The third-order valence-electron chi connectivity index (χ3n) is 6.10. The van der Waals surface area contributed by atoms with E-state index in [0.717, 1.165) is 35.9 Å². The van der Waals surface area contributed by atoms with E-state index in [4.69, 9.17) is 4.74 Å². The van der Waals surface area contributed by atoms with Gasteiger partial charge in [-0.25, -0.2) is 4.79 Å². The lowest BCUT2D eigenvalue weighted by molar-refractivity contribution is 0.0969. The average molecular weight is 466 g/mol. The van der Waals surface area contributed by atoms with E-state index in [2.05, 4.69) is 10.3 Å². The van der Waals surface area contributed by atoms with Gasteiger partial charge >= 0.3 is 5.69 Å². The van der Waals surface area contributed by atoms with Gasteiger partial charge in [-0.1, -0.05) is 48.4 Å². The highest BCUT2D eigenvalue weighted by molar-refractivity contribution is 5.95. The molecule has 0 radical (unpaired) electrons. The number of carbonyl (C=O) groups excluding carboxylic acids is 1. The highest BCUT2D eigenvalue weighted by atomic mass is 16.5. The molecular weight excluding hydrogens is 434 g/mol. The van der Waals surface area contributed by atoms with Crippen LogP contribution in [0.4, 0.5) is 0 Å². The Balaban J connectivity index is 1.77. The third-order valence-corrected chi connectivity index (χ3v) is 6.10. The minimum atomic E-state index is -0.589. The summed E-state index contributed by atoms with van der Waals surface area (Å²) < 4.78 is 10.0. The Morgan fingerprint density at radius 2 is 1.94 bits per heavy atom. The molecule has 9 nitrogen and oxygen atoms in total. The van der Waals surface area contributed by atoms with E-state index in [1.807, 2.05) is 19.9 Å². The first-order chi connectivity index (χ1) is 16.4. The second kappa shape index (κ2) is 10.2. The lowest BCUT2D eigenvalue weighted by Gasteiger charge is -2.23. The smallest absolute Gasteiger partial charge is 0.332 e. The topological polar surface area (TPSA) is 100 Å². The molecule has 0 saturated carbocycles. The molecule has 4 rings (SSSR count). The van der Waals surface area contributed by atoms with E-state index < -0.39 is 11.2 Å². The maximum absolute atomic E-state index is 13.5. The van der Waals surface area contributed by atoms with E-state index >= 15 is 0 Å². The van der Waals surface area contributed by atoms with Crippen molar-refractivity contribution in [1.82, 2.24) is 24.0 Å². The van der Waals surface area contributed by atoms with Crippen LogP contribution in [0.1, 0.15) is 43.5 Å². The van der Waals surface area contributed by atoms with Gasteiger partial charge in [0.05, 0.1) is 6.54 Å². The van der Waals surface area contributed by atoms with E-state index in [1.54, 1.807) is 41.9 Å². The van der Waals surface area contributed by atoms with Crippen molar-refractivity contribution in [2.75, 3.05) is 13.2 Å². The Morgan fingerprint density at radius 3 is 2.62 bits per heavy atom. The lowest BCUT2D eigenvalue weighted by atomic mass is 10.1. The van der Waals surface area contributed by atoms with Crippen molar-refractivity contribution >= 4 is 16.9 Å². The molecule has 0 bridgehead atoms. The van der Waals surface area contributed by atoms with E-state index in [0.29, 0.717) is 24.7 Å². The summed E-state index contributed by atoms with van der Waals surface area (Å²) >= 11 is 0. The van der Waals surface area contributed by atoms with Gasteiger partial charge in [-0.2, -0.15) is 4.98 Å². The maximum atomic E-state index is 13.5. The molecule has 1 saturated heterocycles. The fourth-order valence-corrected chi connectivity index (χ4v) is 4.14. The number of ketones is 1. The summed E-state index contributed by atoms with van der Waals surface area (Å²) in [4.78, 5) is 43.8. The molecule has 9 heteroatoms. The van der Waals surface area contributed by atoms with Gasteiger partial charge in [0, 0.05) is 25.2 Å². The van der Waals surface area contributed by atoms with Crippen molar-refractivity contribution in [1.29, 1.82) is 0 Å². The Kier molecular flexibility index (Phi) is 7.12. The zero-order valence-electron chi connectivity index (χ0n) is 19.9. The Labute approximate surface area is 197 Å². The quantitative estimate of drug-likeness (QED) is 0.405. The summed E-state index contributed by atoms with van der Waals surface area (Å²) in [5.41, 5.74) is 0.862. The van der Waals surface area contributed by atoms with Crippen LogP contribution in [0, 0.1) is 0 Å². The van der Waals surface area contributed by atoms with Crippen LogP contribution in [0.25, 0.3) is 11.2 Å². The summed E-state index contributed by atoms with van der Waals surface area (Å²) in [5, 5.41) is 3.44. The number of imidazole rings is 1. The highest BCUT2D eigenvalue weighted by Gasteiger charge is 2.23. The summed E-state index contributed by atoms with van der Waals surface area (Å²) in [6.45, 7) is 5.34. The molecule has 1 aliphatic rings. The van der Waals surface area contributed by atoms with Crippen molar-refractivity contribution < 1.29 is 9.53 Å². The molecule has 1 unspecified atom stereocenters. The number of nitrogens with one attached hydrogen (secondary N) is 1. The van der Waals surface area contributed by atoms with Gasteiger partial charge in [-0.15, -0.1) is 0 Å². The first-order valence-corrected chi connectivity index (χ1v) is 11.6. The molecule has 1 aromatic carbocycles. The van der Waals surface area contributed by atoms with Crippen LogP contribution in [0.5, 0.6) is 6.01 Å². The van der Waals surface area contributed by atoms with Gasteiger partial charge in [-0.3, -0.25) is 23.3 Å². The van der Waals surface area contributed by atoms with Crippen LogP contribution in [-0.2, 0) is 20.1 Å². The number of carbonyl (C=O) groups is 1. The number of aryl methyl sites for hydroxylation is 1.